The zero-order chi connectivity index (χ0) is 14.0. The number of nitrogen functional groups attached to an aromatic ring is 1. The third kappa shape index (κ3) is 3.08. The van der Waals surface area contributed by atoms with Crippen LogP contribution in [0, 0.1) is 0 Å². The number of nitrogens with zero attached hydrogens (tertiary/aromatic N) is 1. The van der Waals surface area contributed by atoms with E-state index in [-0.39, 0.29) is 22.3 Å². The highest BCUT2D eigenvalue weighted by atomic mass is 35.5. The monoisotopic (exact) mass is 288 g/mol. The van der Waals surface area contributed by atoms with Gasteiger partial charge in [0.05, 0.1) is 10.7 Å². The summed E-state index contributed by atoms with van der Waals surface area (Å²) in [4.78, 5) is 3.36. The molecule has 0 amide bonds. The van der Waals surface area contributed by atoms with E-state index in [4.69, 9.17) is 22.1 Å². The van der Waals surface area contributed by atoms with E-state index >= 15 is 0 Å². The smallest absolute Gasteiger partial charge is 0.433 e. The number of alkyl halides is 3. The highest BCUT2D eigenvalue weighted by molar-refractivity contribution is 6.32. The van der Waals surface area contributed by atoms with Crippen LogP contribution in [0.15, 0.2) is 36.4 Å². The maximum atomic E-state index is 12.5. The van der Waals surface area contributed by atoms with E-state index in [1.165, 1.54) is 24.3 Å². The zero-order valence-electron chi connectivity index (χ0n) is 9.41. The fourth-order valence-electron chi connectivity index (χ4n) is 1.37. The van der Waals surface area contributed by atoms with Crippen LogP contribution in [0.4, 0.5) is 18.9 Å². The molecule has 2 aromatic rings. The minimum Gasteiger partial charge on any atom is -0.435 e. The van der Waals surface area contributed by atoms with Gasteiger partial charge in [0.2, 0.25) is 5.88 Å². The Labute approximate surface area is 111 Å². The number of nitrogens with two attached hydrogens (primary N) is 1. The summed E-state index contributed by atoms with van der Waals surface area (Å²) >= 11 is 5.85. The summed E-state index contributed by atoms with van der Waals surface area (Å²) in [6.07, 6.45) is -4.54. The summed E-state index contributed by atoms with van der Waals surface area (Å²) < 4.78 is 42.7. The molecule has 0 aliphatic rings. The minimum atomic E-state index is -4.54. The second kappa shape index (κ2) is 4.97. The molecule has 0 radical (unpaired) electrons. The minimum absolute atomic E-state index is 0.0796. The van der Waals surface area contributed by atoms with E-state index in [2.05, 4.69) is 4.98 Å². The van der Waals surface area contributed by atoms with E-state index < -0.39 is 11.9 Å². The summed E-state index contributed by atoms with van der Waals surface area (Å²) in [7, 11) is 0. The van der Waals surface area contributed by atoms with Crippen molar-refractivity contribution in [2.75, 3.05) is 5.73 Å². The lowest BCUT2D eigenvalue weighted by Crippen LogP contribution is -2.08. The van der Waals surface area contributed by atoms with Crippen molar-refractivity contribution < 1.29 is 17.9 Å². The first-order valence-corrected chi connectivity index (χ1v) is 5.52. The van der Waals surface area contributed by atoms with E-state index in [0.29, 0.717) is 0 Å². The molecular weight excluding hydrogens is 281 g/mol. The number of halogens is 4. The SMILES string of the molecule is Nc1cccc(Cl)c1Oc1cccc(C(F)(F)F)n1. The molecule has 2 rings (SSSR count). The number of benzene rings is 1. The number of ether oxygens (including phenoxy) is 1. The lowest BCUT2D eigenvalue weighted by Gasteiger charge is -2.11. The Hall–Kier alpha value is -1.95. The van der Waals surface area contributed by atoms with Gasteiger partial charge in [-0.05, 0) is 18.2 Å². The van der Waals surface area contributed by atoms with Crippen molar-refractivity contribution in [3.8, 4) is 11.6 Å². The van der Waals surface area contributed by atoms with Crippen molar-refractivity contribution in [1.29, 1.82) is 0 Å². The average molecular weight is 289 g/mol. The number of pyridine rings is 1. The van der Waals surface area contributed by atoms with Gasteiger partial charge < -0.3 is 10.5 Å². The highest BCUT2D eigenvalue weighted by Crippen LogP contribution is 2.35. The molecule has 0 fully saturated rings. The van der Waals surface area contributed by atoms with Crippen LogP contribution in [0.5, 0.6) is 11.6 Å². The molecule has 3 nitrogen and oxygen atoms in total. The Morgan fingerprint density at radius 1 is 1.11 bits per heavy atom. The molecule has 100 valence electrons. The molecule has 0 saturated heterocycles. The van der Waals surface area contributed by atoms with Crippen molar-refractivity contribution >= 4 is 17.3 Å². The van der Waals surface area contributed by atoms with Gasteiger partial charge in [-0.3, -0.25) is 0 Å². The molecule has 19 heavy (non-hydrogen) atoms. The average Bonchev–Trinajstić information content (AvgIpc) is 2.33. The fraction of sp³-hybridized carbons (Fsp3) is 0.0833. The Balaban J connectivity index is 2.34. The Morgan fingerprint density at radius 3 is 2.42 bits per heavy atom. The van der Waals surface area contributed by atoms with Crippen LogP contribution in [0.2, 0.25) is 5.02 Å². The largest absolute Gasteiger partial charge is 0.435 e. The predicted octanol–water partition coefficient (Wildman–Crippen LogP) is 4.13. The predicted molar refractivity (Wildman–Crippen MR) is 65.2 cm³/mol. The molecule has 0 spiro atoms. The molecule has 1 aromatic carbocycles. The second-order valence-electron chi connectivity index (χ2n) is 3.62. The Kier molecular flexibility index (Phi) is 3.53. The van der Waals surface area contributed by atoms with Crippen LogP contribution < -0.4 is 10.5 Å². The van der Waals surface area contributed by atoms with Crippen molar-refractivity contribution in [2.45, 2.75) is 6.18 Å². The molecule has 0 aliphatic carbocycles. The summed E-state index contributed by atoms with van der Waals surface area (Å²) in [6.45, 7) is 0. The number of rotatable bonds is 2. The number of anilines is 1. The maximum Gasteiger partial charge on any atom is 0.433 e. The van der Waals surface area contributed by atoms with Gasteiger partial charge in [-0.25, -0.2) is 4.98 Å². The molecule has 7 heteroatoms. The van der Waals surface area contributed by atoms with Crippen molar-refractivity contribution in [3.05, 3.63) is 47.1 Å². The highest BCUT2D eigenvalue weighted by Gasteiger charge is 2.32. The molecule has 0 aliphatic heterocycles. The molecule has 2 N–H and O–H groups in total. The van der Waals surface area contributed by atoms with Gasteiger partial charge in [0, 0.05) is 6.07 Å². The first-order valence-electron chi connectivity index (χ1n) is 5.14. The molecule has 0 saturated carbocycles. The third-order valence-corrected chi connectivity index (χ3v) is 2.52. The quantitative estimate of drug-likeness (QED) is 0.845. The number of para-hydroxylation sites is 1. The molecular formula is C12H8ClF3N2O. The number of aromatic nitrogens is 1. The van der Waals surface area contributed by atoms with Crippen LogP contribution in [0.1, 0.15) is 5.69 Å². The topological polar surface area (TPSA) is 48.1 Å². The van der Waals surface area contributed by atoms with Crippen LogP contribution in [-0.4, -0.2) is 4.98 Å². The van der Waals surface area contributed by atoms with E-state index in [9.17, 15) is 13.2 Å². The van der Waals surface area contributed by atoms with Gasteiger partial charge in [0.15, 0.2) is 5.75 Å². The molecule has 0 unspecified atom stereocenters. The number of hydrogen-bond donors (Lipinski definition) is 1. The summed E-state index contributed by atoms with van der Waals surface area (Å²) in [5.41, 5.74) is 4.80. The van der Waals surface area contributed by atoms with Crippen molar-refractivity contribution in [1.82, 2.24) is 4.98 Å². The van der Waals surface area contributed by atoms with Crippen LogP contribution in [-0.2, 0) is 6.18 Å². The standard InChI is InChI=1S/C12H8ClF3N2O/c13-7-3-1-4-8(17)11(7)19-10-6-2-5-9(18-10)12(14,15)16/h1-6H,17H2. The summed E-state index contributed by atoms with van der Waals surface area (Å²) in [6, 6.07) is 7.97. The van der Waals surface area contributed by atoms with Gasteiger partial charge >= 0.3 is 6.18 Å². The van der Waals surface area contributed by atoms with Crippen molar-refractivity contribution in [3.63, 3.8) is 0 Å². The summed E-state index contributed by atoms with van der Waals surface area (Å²) in [5.74, 6) is -0.148. The summed E-state index contributed by atoms with van der Waals surface area (Å²) in [5, 5.41) is 0.194. The first kappa shape index (κ1) is 13.5. The van der Waals surface area contributed by atoms with E-state index in [1.807, 2.05) is 0 Å². The molecule has 1 aromatic heterocycles. The zero-order valence-corrected chi connectivity index (χ0v) is 10.2. The lowest BCUT2D eigenvalue weighted by molar-refractivity contribution is -0.141. The van der Waals surface area contributed by atoms with E-state index in [1.54, 1.807) is 6.07 Å². The van der Waals surface area contributed by atoms with Gasteiger partial charge in [-0.15, -0.1) is 0 Å². The second-order valence-corrected chi connectivity index (χ2v) is 4.03. The fourth-order valence-corrected chi connectivity index (χ4v) is 1.59. The van der Waals surface area contributed by atoms with Gasteiger partial charge in [-0.1, -0.05) is 23.7 Å². The Bertz CT molecular complexity index is 582. The third-order valence-electron chi connectivity index (χ3n) is 2.22. The normalized spacial score (nSPS) is 11.4. The maximum absolute atomic E-state index is 12.5. The molecule has 1 heterocycles. The van der Waals surface area contributed by atoms with Crippen LogP contribution >= 0.6 is 11.6 Å². The van der Waals surface area contributed by atoms with Crippen LogP contribution in [0.25, 0.3) is 0 Å². The molecule has 0 atom stereocenters. The Morgan fingerprint density at radius 2 is 1.79 bits per heavy atom. The van der Waals surface area contributed by atoms with Gasteiger partial charge in [0.1, 0.15) is 5.69 Å². The van der Waals surface area contributed by atoms with Crippen LogP contribution in [0.3, 0.4) is 0 Å². The molecule has 0 bridgehead atoms. The van der Waals surface area contributed by atoms with Crippen molar-refractivity contribution in [2.24, 2.45) is 0 Å². The number of hydrogen-bond acceptors (Lipinski definition) is 3. The van der Waals surface area contributed by atoms with Gasteiger partial charge in [0.25, 0.3) is 0 Å². The van der Waals surface area contributed by atoms with Gasteiger partial charge in [-0.2, -0.15) is 13.2 Å². The van der Waals surface area contributed by atoms with E-state index in [0.717, 1.165) is 6.07 Å². The first-order chi connectivity index (χ1) is 8.88. The lowest BCUT2D eigenvalue weighted by atomic mass is 10.3.